The van der Waals surface area contributed by atoms with E-state index in [2.05, 4.69) is 32.4 Å². The van der Waals surface area contributed by atoms with Crippen LogP contribution in [-0.4, -0.2) is 40.1 Å². The molecule has 0 unspecified atom stereocenters. The minimum atomic E-state index is -0.190. The highest BCUT2D eigenvalue weighted by atomic mass is 127. The van der Waals surface area contributed by atoms with Gasteiger partial charge in [-0.25, -0.2) is 0 Å². The fourth-order valence-corrected chi connectivity index (χ4v) is 2.02. The summed E-state index contributed by atoms with van der Waals surface area (Å²) in [5.74, 6) is 0.337. The van der Waals surface area contributed by atoms with Crippen LogP contribution in [0.15, 0.2) is 12.4 Å². The molecule has 5 heteroatoms. The summed E-state index contributed by atoms with van der Waals surface area (Å²) in [7, 11) is 4.01. The minimum absolute atomic E-state index is 0.190. The van der Waals surface area contributed by atoms with Gasteiger partial charge in [-0.05, 0) is 29.5 Å². The lowest BCUT2D eigenvalue weighted by molar-refractivity contribution is 0.179. The molecule has 0 spiro atoms. The van der Waals surface area contributed by atoms with Gasteiger partial charge in [0.1, 0.15) is 0 Å². The summed E-state index contributed by atoms with van der Waals surface area (Å²) in [4.78, 5) is 4.17. The summed E-state index contributed by atoms with van der Waals surface area (Å²) in [5, 5.41) is 7.65. The highest BCUT2D eigenvalue weighted by Crippen LogP contribution is 2.35. The average molecular weight is 309 g/mol. The Morgan fingerprint density at radius 2 is 1.93 bits per heavy atom. The van der Waals surface area contributed by atoms with Gasteiger partial charge in [0, 0.05) is 26.5 Å². The Kier molecular flexibility index (Phi) is 3.63. The highest BCUT2D eigenvalue weighted by Gasteiger charge is 2.38. The lowest BCUT2D eigenvalue weighted by Crippen LogP contribution is -2.46. The standard InChI is InChI=1S/C9H16IN3O/c1-4-14-8(11)7-9(10)12(2)5-6-13(9)3/h5-6,11H,4,7H2,1-3H3. The first kappa shape index (κ1) is 11.6. The molecule has 80 valence electrons. The molecule has 0 fully saturated rings. The Bertz CT molecular complexity index is 242. The molecular formula is C9H16IN3O. The monoisotopic (exact) mass is 309 g/mol. The van der Waals surface area contributed by atoms with E-state index in [1.54, 1.807) is 0 Å². The lowest BCUT2D eigenvalue weighted by atomic mass is 10.3. The maximum Gasteiger partial charge on any atom is 0.185 e. The van der Waals surface area contributed by atoms with E-state index in [1.165, 1.54) is 0 Å². The number of rotatable bonds is 3. The normalized spacial score (nSPS) is 18.9. The molecule has 0 saturated carbocycles. The Labute approximate surface area is 98.5 Å². The molecule has 0 atom stereocenters. The van der Waals surface area contributed by atoms with Crippen LogP contribution in [0.1, 0.15) is 13.3 Å². The molecule has 1 aliphatic heterocycles. The maximum absolute atomic E-state index is 7.65. The number of hydrogen-bond donors (Lipinski definition) is 1. The van der Waals surface area contributed by atoms with Gasteiger partial charge in [-0.3, -0.25) is 5.41 Å². The molecular weight excluding hydrogens is 293 g/mol. The van der Waals surface area contributed by atoms with E-state index in [4.69, 9.17) is 10.1 Å². The largest absolute Gasteiger partial charge is 0.481 e. The summed E-state index contributed by atoms with van der Waals surface area (Å²) >= 11 is 2.34. The minimum Gasteiger partial charge on any atom is -0.481 e. The molecule has 1 rings (SSSR count). The second kappa shape index (κ2) is 4.37. The molecule has 0 aromatic rings. The number of ether oxygens (including phenoxy) is 1. The molecule has 0 radical (unpaired) electrons. The molecule has 0 amide bonds. The van der Waals surface area contributed by atoms with Gasteiger partial charge in [0.15, 0.2) is 9.57 Å². The summed E-state index contributed by atoms with van der Waals surface area (Å²) in [6, 6.07) is 0. The van der Waals surface area contributed by atoms with Crippen molar-refractivity contribution in [2.75, 3.05) is 20.7 Å². The molecule has 1 N–H and O–H groups in total. The highest BCUT2D eigenvalue weighted by molar-refractivity contribution is 14.1. The molecule has 0 bridgehead atoms. The fraction of sp³-hybridized carbons (Fsp3) is 0.667. The molecule has 0 aliphatic carbocycles. The number of hydrogen-bond acceptors (Lipinski definition) is 4. The maximum atomic E-state index is 7.65. The zero-order chi connectivity index (χ0) is 10.8. The van der Waals surface area contributed by atoms with E-state index in [9.17, 15) is 0 Å². The zero-order valence-corrected chi connectivity index (χ0v) is 10.9. The van der Waals surface area contributed by atoms with Crippen molar-refractivity contribution < 1.29 is 4.74 Å². The lowest BCUT2D eigenvalue weighted by Gasteiger charge is -2.37. The average Bonchev–Trinajstić information content (AvgIpc) is 2.34. The molecule has 1 aliphatic rings. The number of alkyl halides is 1. The third kappa shape index (κ3) is 2.13. The SMILES string of the molecule is CCOC(=N)CC1(I)N(C)C=CN1C. The van der Waals surface area contributed by atoms with Gasteiger partial charge in [0.05, 0.1) is 13.0 Å². The van der Waals surface area contributed by atoms with Crippen molar-refractivity contribution in [3.63, 3.8) is 0 Å². The van der Waals surface area contributed by atoms with E-state index in [-0.39, 0.29) is 3.67 Å². The van der Waals surface area contributed by atoms with Crippen molar-refractivity contribution in [2.24, 2.45) is 0 Å². The topological polar surface area (TPSA) is 39.6 Å². The molecule has 14 heavy (non-hydrogen) atoms. The van der Waals surface area contributed by atoms with Crippen molar-refractivity contribution in [1.29, 1.82) is 5.41 Å². The van der Waals surface area contributed by atoms with Crippen LogP contribution in [0.5, 0.6) is 0 Å². The van der Waals surface area contributed by atoms with E-state index in [0.717, 1.165) is 0 Å². The molecule has 4 nitrogen and oxygen atoms in total. The van der Waals surface area contributed by atoms with Crippen LogP contribution in [0.25, 0.3) is 0 Å². The fourth-order valence-electron chi connectivity index (χ4n) is 1.36. The van der Waals surface area contributed by atoms with Crippen LogP contribution in [-0.2, 0) is 4.74 Å². The predicted molar refractivity (Wildman–Crippen MR) is 65.4 cm³/mol. The van der Waals surface area contributed by atoms with Crippen molar-refractivity contribution in [1.82, 2.24) is 9.80 Å². The Hall–Kier alpha value is -0.460. The van der Waals surface area contributed by atoms with E-state index < -0.39 is 0 Å². The second-order valence-corrected chi connectivity index (χ2v) is 5.00. The van der Waals surface area contributed by atoms with Gasteiger partial charge in [-0.15, -0.1) is 0 Å². The van der Waals surface area contributed by atoms with Gasteiger partial charge in [0.25, 0.3) is 0 Å². The Balaban J connectivity index is 2.62. The smallest absolute Gasteiger partial charge is 0.185 e. The molecule has 0 aromatic carbocycles. The molecule has 1 heterocycles. The van der Waals surface area contributed by atoms with Crippen LogP contribution in [0.4, 0.5) is 0 Å². The van der Waals surface area contributed by atoms with Crippen molar-refractivity contribution in [3.05, 3.63) is 12.4 Å². The summed E-state index contributed by atoms with van der Waals surface area (Å²) < 4.78 is 4.97. The molecule has 0 saturated heterocycles. The number of halogens is 1. The van der Waals surface area contributed by atoms with Crippen LogP contribution >= 0.6 is 22.6 Å². The van der Waals surface area contributed by atoms with Gasteiger partial charge in [-0.1, -0.05) is 0 Å². The van der Waals surface area contributed by atoms with Gasteiger partial charge >= 0.3 is 0 Å². The number of nitrogens with one attached hydrogen (secondary N) is 1. The third-order valence-corrected chi connectivity index (χ3v) is 4.20. The van der Waals surface area contributed by atoms with Crippen LogP contribution in [0, 0.1) is 5.41 Å². The third-order valence-electron chi connectivity index (χ3n) is 2.30. The van der Waals surface area contributed by atoms with Crippen molar-refractivity contribution in [3.8, 4) is 0 Å². The zero-order valence-electron chi connectivity index (χ0n) is 8.75. The van der Waals surface area contributed by atoms with E-state index in [0.29, 0.717) is 18.9 Å². The van der Waals surface area contributed by atoms with Crippen LogP contribution in [0.2, 0.25) is 0 Å². The van der Waals surface area contributed by atoms with E-state index >= 15 is 0 Å². The first-order chi connectivity index (χ1) is 6.50. The van der Waals surface area contributed by atoms with Gasteiger partial charge in [0.2, 0.25) is 0 Å². The first-order valence-electron chi connectivity index (χ1n) is 4.54. The Morgan fingerprint density at radius 3 is 2.36 bits per heavy atom. The van der Waals surface area contributed by atoms with Gasteiger partial charge < -0.3 is 14.5 Å². The summed E-state index contributed by atoms with van der Waals surface area (Å²) in [6.45, 7) is 2.46. The van der Waals surface area contributed by atoms with Crippen LogP contribution < -0.4 is 0 Å². The molecule has 0 aromatic heterocycles. The predicted octanol–water partition coefficient (Wildman–Crippen LogP) is 1.83. The van der Waals surface area contributed by atoms with E-state index in [1.807, 2.05) is 33.4 Å². The summed E-state index contributed by atoms with van der Waals surface area (Å²) in [6.07, 6.45) is 4.60. The van der Waals surface area contributed by atoms with Crippen LogP contribution in [0.3, 0.4) is 0 Å². The summed E-state index contributed by atoms with van der Waals surface area (Å²) in [5.41, 5.74) is 0. The van der Waals surface area contributed by atoms with Crippen molar-refractivity contribution >= 4 is 28.5 Å². The second-order valence-electron chi connectivity index (χ2n) is 3.27. The first-order valence-corrected chi connectivity index (χ1v) is 5.62. The van der Waals surface area contributed by atoms with Crippen molar-refractivity contribution in [2.45, 2.75) is 17.0 Å². The Morgan fingerprint density at radius 1 is 1.43 bits per heavy atom. The van der Waals surface area contributed by atoms with Gasteiger partial charge in [-0.2, -0.15) is 0 Å². The quantitative estimate of drug-likeness (QED) is 0.284. The number of nitrogens with zero attached hydrogens (tertiary/aromatic N) is 2.